The van der Waals surface area contributed by atoms with Crippen molar-refractivity contribution in [2.75, 3.05) is 29.9 Å². The number of aromatic nitrogens is 1. The minimum absolute atomic E-state index is 0.0595. The molecule has 4 N–H and O–H groups in total. The topological polar surface area (TPSA) is 83.4 Å². The van der Waals surface area contributed by atoms with Gasteiger partial charge in [-0.3, -0.25) is 4.79 Å². The summed E-state index contributed by atoms with van der Waals surface area (Å²) in [6.45, 7) is 6.20. The lowest BCUT2D eigenvalue weighted by atomic mass is 10.1. The van der Waals surface area contributed by atoms with Crippen LogP contribution in [0.25, 0.3) is 0 Å². The number of nitrogens with two attached hydrogens (primary N) is 1. The van der Waals surface area contributed by atoms with Gasteiger partial charge >= 0.3 is 0 Å². The van der Waals surface area contributed by atoms with Crippen molar-refractivity contribution >= 4 is 34.9 Å². The first-order valence-electron chi connectivity index (χ1n) is 11.7. The molecule has 6 nitrogen and oxygen atoms in total. The zero-order chi connectivity index (χ0) is 23.7. The van der Waals surface area contributed by atoms with E-state index in [4.69, 9.17) is 10.5 Å². The van der Waals surface area contributed by atoms with E-state index in [-0.39, 0.29) is 23.7 Å². The highest BCUT2D eigenvalue weighted by Crippen LogP contribution is 2.51. The highest BCUT2D eigenvalue weighted by Gasteiger charge is 2.29. The molecule has 0 spiro atoms. The summed E-state index contributed by atoms with van der Waals surface area (Å²) in [7, 11) is 0. The van der Waals surface area contributed by atoms with Gasteiger partial charge in [0.1, 0.15) is 11.8 Å². The van der Waals surface area contributed by atoms with E-state index in [9.17, 15) is 4.79 Å². The minimum Gasteiger partial charge on any atom is -0.381 e. The third kappa shape index (κ3) is 4.73. The average Bonchev–Trinajstić information content (AvgIpc) is 2.87. The number of pyridine rings is 1. The molecule has 0 bridgehead atoms. The third-order valence-electron chi connectivity index (χ3n) is 6.44. The fourth-order valence-electron chi connectivity index (χ4n) is 4.41. The predicted molar refractivity (Wildman–Crippen MR) is 140 cm³/mol. The van der Waals surface area contributed by atoms with Crippen molar-refractivity contribution in [1.29, 1.82) is 0 Å². The van der Waals surface area contributed by atoms with Gasteiger partial charge in [-0.15, -0.1) is 0 Å². The van der Waals surface area contributed by atoms with Crippen LogP contribution >= 0.6 is 23.5 Å². The van der Waals surface area contributed by atoms with Gasteiger partial charge in [0.25, 0.3) is 5.56 Å². The molecular weight excluding hydrogens is 464 g/mol. The van der Waals surface area contributed by atoms with Gasteiger partial charge in [-0.2, -0.15) is 0 Å². The lowest BCUT2D eigenvalue weighted by molar-refractivity contribution is 0.0378. The Morgan fingerprint density at radius 2 is 2.06 bits per heavy atom. The summed E-state index contributed by atoms with van der Waals surface area (Å²) in [6.07, 6.45) is 2.52. The molecule has 0 radical (unpaired) electrons. The Morgan fingerprint density at radius 3 is 2.88 bits per heavy atom. The normalized spacial score (nSPS) is 19.1. The van der Waals surface area contributed by atoms with Crippen molar-refractivity contribution < 1.29 is 4.74 Å². The monoisotopic (exact) mass is 494 g/mol. The number of morpholine rings is 1. The van der Waals surface area contributed by atoms with Crippen LogP contribution in [0.15, 0.2) is 79.1 Å². The molecule has 5 rings (SSSR count). The lowest BCUT2D eigenvalue weighted by Gasteiger charge is -2.35. The summed E-state index contributed by atoms with van der Waals surface area (Å²) < 4.78 is 6.21. The summed E-state index contributed by atoms with van der Waals surface area (Å²) in [5.41, 5.74) is 9.12. The number of benzene rings is 2. The van der Waals surface area contributed by atoms with Gasteiger partial charge < -0.3 is 25.7 Å². The Balaban J connectivity index is 1.37. The van der Waals surface area contributed by atoms with Gasteiger partial charge in [0.15, 0.2) is 0 Å². The summed E-state index contributed by atoms with van der Waals surface area (Å²) in [4.78, 5) is 22.2. The number of H-pyrrole nitrogens is 1. The van der Waals surface area contributed by atoms with E-state index < -0.39 is 0 Å². The second-order valence-electron chi connectivity index (χ2n) is 8.74. The van der Waals surface area contributed by atoms with Crippen LogP contribution < -0.4 is 21.5 Å². The Labute approximate surface area is 208 Å². The van der Waals surface area contributed by atoms with E-state index in [1.165, 1.54) is 25.1 Å². The molecule has 34 heavy (non-hydrogen) atoms. The molecule has 1 saturated heterocycles. The van der Waals surface area contributed by atoms with Crippen LogP contribution in [0.3, 0.4) is 0 Å². The Hall–Kier alpha value is -2.39. The van der Waals surface area contributed by atoms with Gasteiger partial charge in [0, 0.05) is 56.6 Å². The Morgan fingerprint density at radius 1 is 1.18 bits per heavy atom. The number of nitrogens with zero attached hydrogens (tertiary/aromatic N) is 1. The fourth-order valence-corrected chi connectivity index (χ4v) is 6.86. The Bertz CT molecular complexity index is 1230. The minimum atomic E-state index is -0.0877. The maximum absolute atomic E-state index is 12.3. The quantitative estimate of drug-likeness (QED) is 0.344. The van der Waals surface area contributed by atoms with E-state index in [0.29, 0.717) is 25.4 Å². The van der Waals surface area contributed by atoms with Gasteiger partial charge in [-0.25, -0.2) is 0 Å². The number of anilines is 2. The molecule has 1 aromatic heterocycles. The zero-order valence-electron chi connectivity index (χ0n) is 19.4. The lowest BCUT2D eigenvalue weighted by Crippen LogP contribution is -2.41. The molecule has 8 heteroatoms. The van der Waals surface area contributed by atoms with Crippen molar-refractivity contribution in [3.05, 3.63) is 70.6 Å². The van der Waals surface area contributed by atoms with Crippen molar-refractivity contribution in [3.8, 4) is 0 Å². The molecule has 3 heterocycles. The molecule has 0 saturated carbocycles. The first kappa shape index (κ1) is 23.4. The first-order valence-corrected chi connectivity index (χ1v) is 13.4. The number of fused-ring (bicyclic) bond motifs is 2. The molecule has 0 amide bonds. The first-order chi connectivity index (χ1) is 16.5. The molecule has 3 aromatic rings. The van der Waals surface area contributed by atoms with Crippen molar-refractivity contribution in [2.45, 2.75) is 58.0 Å². The molecule has 1 fully saturated rings. The fraction of sp³-hybridized carbons (Fsp3) is 0.346. The molecule has 3 atom stereocenters. The van der Waals surface area contributed by atoms with E-state index in [1.54, 1.807) is 29.7 Å². The summed E-state index contributed by atoms with van der Waals surface area (Å²) in [5, 5.41) is 3.55. The smallest absolute Gasteiger partial charge is 0.271 e. The molecule has 2 aromatic carbocycles. The Kier molecular flexibility index (Phi) is 6.92. The van der Waals surface area contributed by atoms with E-state index in [1.807, 2.05) is 12.1 Å². The van der Waals surface area contributed by atoms with E-state index in [2.05, 4.69) is 65.4 Å². The summed E-state index contributed by atoms with van der Waals surface area (Å²) >= 11 is 3.60. The second-order valence-corrected chi connectivity index (χ2v) is 10.9. The standard InChI is InChI=1S/C26H30N4O2S2/c1-3-19(27)16(2)29-17-9-10-22-24(14-17)33-23-8-4-6-18(25(23)34-22)21-15-30(12-13-32-21)20-7-5-11-28-26(20)31/h4-11,14,16,19,21,29H,3,12-13,15,27H2,1-2H3,(H,28,31)/t16?,19-,21?/m0/s1. The maximum Gasteiger partial charge on any atom is 0.271 e. The van der Waals surface area contributed by atoms with E-state index in [0.717, 1.165) is 12.1 Å². The van der Waals surface area contributed by atoms with Crippen molar-refractivity contribution in [1.82, 2.24) is 4.98 Å². The second kappa shape index (κ2) is 10.1. The van der Waals surface area contributed by atoms with Crippen LogP contribution in [0.5, 0.6) is 0 Å². The number of hydrogen-bond acceptors (Lipinski definition) is 7. The molecule has 2 aliphatic rings. The van der Waals surface area contributed by atoms with Crippen LogP contribution in [0.4, 0.5) is 11.4 Å². The van der Waals surface area contributed by atoms with Crippen LogP contribution in [0.2, 0.25) is 0 Å². The number of ether oxygens (including phenoxy) is 1. The van der Waals surface area contributed by atoms with Crippen LogP contribution in [0.1, 0.15) is 31.9 Å². The zero-order valence-corrected chi connectivity index (χ0v) is 21.0. The number of hydrogen-bond donors (Lipinski definition) is 3. The summed E-state index contributed by atoms with van der Waals surface area (Å²) in [5.74, 6) is 0. The van der Waals surface area contributed by atoms with Gasteiger partial charge in [-0.05, 0) is 55.3 Å². The molecular formula is C26H30N4O2S2. The molecule has 178 valence electrons. The van der Waals surface area contributed by atoms with E-state index >= 15 is 0 Å². The van der Waals surface area contributed by atoms with Crippen LogP contribution in [-0.4, -0.2) is 36.8 Å². The number of nitrogens with one attached hydrogen (secondary N) is 2. The van der Waals surface area contributed by atoms with Crippen LogP contribution in [-0.2, 0) is 4.74 Å². The van der Waals surface area contributed by atoms with Gasteiger partial charge in [-0.1, -0.05) is 42.6 Å². The molecule has 2 aliphatic heterocycles. The highest BCUT2D eigenvalue weighted by molar-refractivity contribution is 8.05. The van der Waals surface area contributed by atoms with Crippen LogP contribution in [0, 0.1) is 0 Å². The summed E-state index contributed by atoms with van der Waals surface area (Å²) in [6, 6.07) is 17.1. The SMILES string of the molecule is CC[C@H](N)C(C)Nc1ccc2c(c1)Sc1cccc(C3CN(c4ccc[nH]c4=O)CCO3)c1S2. The largest absolute Gasteiger partial charge is 0.381 e. The van der Waals surface area contributed by atoms with Gasteiger partial charge in [0.2, 0.25) is 0 Å². The predicted octanol–water partition coefficient (Wildman–Crippen LogP) is 5.11. The van der Waals surface area contributed by atoms with Crippen molar-refractivity contribution in [2.24, 2.45) is 5.73 Å². The highest BCUT2D eigenvalue weighted by atomic mass is 32.2. The molecule has 2 unspecified atom stereocenters. The third-order valence-corrected chi connectivity index (χ3v) is 9.06. The van der Waals surface area contributed by atoms with Crippen molar-refractivity contribution in [3.63, 3.8) is 0 Å². The number of aromatic amines is 1. The van der Waals surface area contributed by atoms with Gasteiger partial charge in [0.05, 0.1) is 6.61 Å². The molecule has 0 aliphatic carbocycles. The average molecular weight is 495 g/mol. The maximum atomic E-state index is 12.3. The number of rotatable bonds is 6.